The highest BCUT2D eigenvalue weighted by Crippen LogP contribution is 2.20. The molecule has 4 aromatic rings. The minimum absolute atomic E-state index is 0.0216. The van der Waals surface area contributed by atoms with E-state index in [1.54, 1.807) is 81.6 Å². The number of alkyl carbamates (subject to hydrolysis) is 2. The molecule has 0 bridgehead atoms. The number of carbonyl (C=O) groups excluding carboxylic acids is 8. The Morgan fingerprint density at radius 2 is 1.26 bits per heavy atom. The Balaban J connectivity index is 1.52. The fourth-order valence-corrected chi connectivity index (χ4v) is 7.75. The molecule has 0 aliphatic rings. The van der Waals surface area contributed by atoms with Crippen molar-refractivity contribution in [3.63, 3.8) is 0 Å². The maximum atomic E-state index is 14.3. The van der Waals surface area contributed by atoms with Crippen LogP contribution in [0.3, 0.4) is 0 Å². The molecule has 8 amide bonds. The lowest BCUT2D eigenvalue weighted by Crippen LogP contribution is -2.58. The van der Waals surface area contributed by atoms with E-state index in [0.717, 1.165) is 5.56 Å². The van der Waals surface area contributed by atoms with Crippen LogP contribution in [-0.2, 0) is 72.9 Å². The van der Waals surface area contributed by atoms with Gasteiger partial charge in [0.2, 0.25) is 35.4 Å². The van der Waals surface area contributed by atoms with E-state index in [4.69, 9.17) is 19.8 Å². The number of nitrogens with two attached hydrogens (primary N) is 1. The summed E-state index contributed by atoms with van der Waals surface area (Å²) in [5.41, 5.74) is 6.81. The third kappa shape index (κ3) is 21.7. The van der Waals surface area contributed by atoms with Crippen molar-refractivity contribution in [3.05, 3.63) is 102 Å². The highest BCUT2D eigenvalue weighted by molar-refractivity contribution is 7.81. The number of ether oxygens (including phenoxy) is 2. The molecule has 0 radical (unpaired) electrons. The number of aromatic amines is 1. The van der Waals surface area contributed by atoms with Gasteiger partial charge in [0.25, 0.3) is 0 Å². The van der Waals surface area contributed by atoms with Gasteiger partial charge >= 0.3 is 28.6 Å². The fourth-order valence-electron chi connectivity index (χ4n) is 7.39. The van der Waals surface area contributed by atoms with Crippen LogP contribution in [0.15, 0.2) is 85.1 Å². The minimum atomic E-state index is -4.83. The molecule has 1 aromatic heterocycles. The van der Waals surface area contributed by atoms with E-state index in [-0.39, 0.29) is 51.0 Å². The first kappa shape index (κ1) is 60.3. The maximum absolute atomic E-state index is 14.3. The van der Waals surface area contributed by atoms with E-state index in [1.807, 2.05) is 6.92 Å². The first-order valence-corrected chi connectivity index (χ1v) is 25.5. The molecular weight excluding hydrogens is 1010 g/mol. The molecule has 5 atom stereocenters. The molecule has 0 fully saturated rings. The third-order valence-corrected chi connectivity index (χ3v) is 11.5. The van der Waals surface area contributed by atoms with Crippen molar-refractivity contribution in [1.29, 1.82) is 0 Å². The number of carboxylic acids is 1. The molecule has 1 heterocycles. The van der Waals surface area contributed by atoms with Crippen molar-refractivity contribution >= 4 is 74.9 Å². The van der Waals surface area contributed by atoms with Gasteiger partial charge in [-0.25, -0.2) is 9.59 Å². The number of benzene rings is 3. The summed E-state index contributed by atoms with van der Waals surface area (Å²) in [5, 5.41) is 27.6. The lowest BCUT2D eigenvalue weighted by Gasteiger charge is -2.26. The van der Waals surface area contributed by atoms with Crippen LogP contribution >= 0.6 is 0 Å². The lowest BCUT2D eigenvalue weighted by molar-refractivity contribution is -0.140. The number of rotatable bonds is 29. The zero-order valence-electron chi connectivity index (χ0n) is 42.3. The van der Waals surface area contributed by atoms with Gasteiger partial charge in [0.15, 0.2) is 0 Å². The molecule has 25 nitrogen and oxygen atoms in total. The van der Waals surface area contributed by atoms with E-state index in [1.165, 1.54) is 24.3 Å². The topological polar surface area (TPSA) is 382 Å². The van der Waals surface area contributed by atoms with E-state index < -0.39 is 113 Å². The van der Waals surface area contributed by atoms with Crippen molar-refractivity contribution in [1.82, 2.24) is 42.2 Å². The summed E-state index contributed by atoms with van der Waals surface area (Å²) in [6, 6.07) is 13.9. The quantitative estimate of drug-likeness (QED) is 0.0273. The Bertz CT molecular complexity index is 2770. The van der Waals surface area contributed by atoms with Gasteiger partial charge in [-0.2, -0.15) is 8.42 Å². The summed E-state index contributed by atoms with van der Waals surface area (Å²) < 4.78 is 46.5. The first-order chi connectivity index (χ1) is 35.9. The van der Waals surface area contributed by atoms with Crippen LogP contribution in [0, 0.1) is 0 Å². The summed E-state index contributed by atoms with van der Waals surface area (Å²) in [4.78, 5) is 122. The fraction of sp³-hybridized carbons (Fsp3) is 0.420. The van der Waals surface area contributed by atoms with Gasteiger partial charge in [-0.1, -0.05) is 80.4 Å². The van der Waals surface area contributed by atoms with Crippen molar-refractivity contribution < 1.29 is 74.9 Å². The molecule has 0 saturated heterocycles. The average Bonchev–Trinajstić information content (AvgIpc) is 3.76. The highest BCUT2D eigenvalue weighted by Gasteiger charge is 2.32. The average molecular weight is 1080 g/mol. The van der Waals surface area contributed by atoms with Crippen molar-refractivity contribution in [2.45, 2.75) is 121 Å². The maximum Gasteiger partial charge on any atom is 0.446 e. The summed E-state index contributed by atoms with van der Waals surface area (Å²) in [6.45, 7) is 5.86. The van der Waals surface area contributed by atoms with Crippen molar-refractivity contribution in [3.8, 4) is 5.75 Å². The Labute approximate surface area is 438 Å². The van der Waals surface area contributed by atoms with Crippen molar-refractivity contribution in [2.75, 3.05) is 13.1 Å². The number of nitrogens with one attached hydrogen (secondary N) is 8. The number of unbranched alkanes of at least 4 members (excludes halogenated alkanes) is 1. The second-order valence-electron chi connectivity index (χ2n) is 18.4. The molecule has 0 aliphatic heterocycles. The Morgan fingerprint density at radius 1 is 0.671 bits per heavy atom. The number of carboxylic acid groups (broad SMARTS) is 1. The van der Waals surface area contributed by atoms with Gasteiger partial charge in [-0.3, -0.25) is 38.1 Å². The molecule has 0 spiro atoms. The van der Waals surface area contributed by atoms with Crippen LogP contribution in [0.25, 0.3) is 10.9 Å². The molecule has 12 N–H and O–H groups in total. The number of fused-ring (bicyclic) bond motifs is 1. The summed E-state index contributed by atoms with van der Waals surface area (Å²) in [7, 11) is -4.83. The summed E-state index contributed by atoms with van der Waals surface area (Å²) in [5.74, 6) is -7.28. The molecule has 0 saturated carbocycles. The van der Waals surface area contributed by atoms with E-state index in [2.05, 4.69) is 46.4 Å². The predicted octanol–water partition coefficient (Wildman–Crippen LogP) is 1.94. The molecule has 3 aromatic carbocycles. The van der Waals surface area contributed by atoms with Crippen LogP contribution in [0.4, 0.5) is 9.59 Å². The molecule has 76 heavy (non-hydrogen) atoms. The van der Waals surface area contributed by atoms with E-state index >= 15 is 0 Å². The predicted molar refractivity (Wildman–Crippen MR) is 273 cm³/mol. The summed E-state index contributed by atoms with van der Waals surface area (Å²) in [6.07, 6.45) is -0.401. The molecule has 26 heteroatoms. The highest BCUT2D eigenvalue weighted by atomic mass is 32.3. The van der Waals surface area contributed by atoms with Gasteiger partial charge in [0.05, 0.1) is 13.0 Å². The van der Waals surface area contributed by atoms with Crippen LogP contribution in [0.2, 0.25) is 0 Å². The van der Waals surface area contributed by atoms with Gasteiger partial charge in [0.1, 0.15) is 48.2 Å². The van der Waals surface area contributed by atoms with E-state index in [9.17, 15) is 56.7 Å². The third-order valence-electron chi connectivity index (χ3n) is 11.0. The van der Waals surface area contributed by atoms with Crippen molar-refractivity contribution in [2.24, 2.45) is 5.73 Å². The number of para-hydroxylation sites is 1. The normalized spacial score (nSPS) is 13.3. The second-order valence-corrected chi connectivity index (χ2v) is 19.4. The molecule has 0 aliphatic carbocycles. The number of hydrogen-bond donors (Lipinski definition) is 11. The van der Waals surface area contributed by atoms with Gasteiger partial charge in [-0.05, 0) is 74.9 Å². The van der Waals surface area contributed by atoms with Gasteiger partial charge in [0, 0.05) is 36.5 Å². The number of hydrogen-bond acceptors (Lipinski definition) is 14. The second kappa shape index (κ2) is 29.0. The SMILES string of the molecule is CCCC[C@H](NC(=O)[C@H](Cc1ccc(OS(=O)(=O)O)cc1)NC(=O)OC(C)(C)C)C(=O)NCC(=O)N[C@@H](Cc1c[nH]c2ccccc12)C(=O)N[C@@H](CCCNC(=O)OCc1ccccc1)C(=O)N[C@@H](CC(=O)O)C(N)=O. The molecular formula is C50H65N9O16S. The number of aromatic nitrogens is 1. The van der Waals surface area contributed by atoms with E-state index in [0.29, 0.717) is 34.9 Å². The molecule has 412 valence electrons. The van der Waals surface area contributed by atoms with Gasteiger partial charge in [-0.15, -0.1) is 0 Å². The number of amides is 8. The van der Waals surface area contributed by atoms with Crippen LogP contribution in [0.1, 0.15) is 82.9 Å². The number of aliphatic carboxylic acids is 1. The van der Waals surface area contributed by atoms with Crippen LogP contribution in [-0.4, -0.2) is 126 Å². The number of primary amides is 1. The van der Waals surface area contributed by atoms with Gasteiger partial charge < -0.3 is 66.7 Å². The zero-order valence-corrected chi connectivity index (χ0v) is 43.2. The molecule has 0 unspecified atom stereocenters. The molecule has 4 rings (SSSR count). The largest absolute Gasteiger partial charge is 0.481 e. The summed E-state index contributed by atoms with van der Waals surface area (Å²) >= 11 is 0. The zero-order chi connectivity index (χ0) is 56.0. The first-order valence-electron chi connectivity index (χ1n) is 24.1. The van der Waals surface area contributed by atoms with Crippen LogP contribution in [0.5, 0.6) is 5.75 Å². The Morgan fingerprint density at radius 3 is 1.88 bits per heavy atom. The van der Waals surface area contributed by atoms with Crippen LogP contribution < -0.4 is 47.1 Å². The Hall–Kier alpha value is -8.26. The Kier molecular flexibility index (Phi) is 23.0. The monoisotopic (exact) mass is 1080 g/mol. The lowest BCUT2D eigenvalue weighted by atomic mass is 10.0. The standard InChI is InChI=1S/C50H65N9O16S/c1-5-6-16-36(56-46(66)39(59-49(69)74-50(2,3)4)24-30-19-21-33(22-20-30)75-76(70,71)72)44(64)54-28-41(60)55-40(25-32-27-53-35-17-11-10-15-34(32)35)47(67)57-37(45(65)58-38(43(51)63)26-42(61)62)18-12-23-52-48(68)73-29-31-13-8-7-9-14-31/h7-11,13-15,17,19-22,27,36-40,53H,5-6,12,16,18,23-26,28-29H2,1-4H3,(H2,51,63)(H,52,68)(H,54,64)(H,55,60)(H,56,66)(H,57,67)(H,58,65)(H,59,69)(H,61,62)(H,70,71,72)/t36-,37-,38-,39-,40-/m0/s1. The number of H-pyrrole nitrogens is 1. The number of carbonyl (C=O) groups is 9. The minimum Gasteiger partial charge on any atom is -0.481 e. The smallest absolute Gasteiger partial charge is 0.446 e.